The van der Waals surface area contributed by atoms with E-state index in [2.05, 4.69) is 10.6 Å². The van der Waals surface area contributed by atoms with Crippen molar-refractivity contribution in [2.24, 2.45) is 5.92 Å². The number of hydrogen-bond acceptors (Lipinski definition) is 7. The van der Waals surface area contributed by atoms with Crippen molar-refractivity contribution >= 4 is 27.6 Å². The number of amides is 3. The summed E-state index contributed by atoms with van der Waals surface area (Å²) in [4.78, 5) is 27.7. The van der Waals surface area contributed by atoms with Crippen LogP contribution in [0.5, 0.6) is 11.5 Å². The molecule has 0 saturated heterocycles. The van der Waals surface area contributed by atoms with E-state index in [4.69, 9.17) is 9.47 Å². The summed E-state index contributed by atoms with van der Waals surface area (Å²) in [6.45, 7) is 7.18. The van der Waals surface area contributed by atoms with Crippen molar-refractivity contribution in [3.05, 3.63) is 48.0 Å². The number of fused-ring (bicyclic) bond motifs is 1. The molecule has 3 rings (SSSR count). The van der Waals surface area contributed by atoms with E-state index in [0.717, 1.165) is 0 Å². The fraction of sp³-hybridized carbons (Fsp3) is 0.481. The maximum absolute atomic E-state index is 13.6. The fourth-order valence-electron chi connectivity index (χ4n) is 4.26. The lowest BCUT2D eigenvalue weighted by Crippen LogP contribution is -2.50. The van der Waals surface area contributed by atoms with Crippen LogP contribution in [0.4, 0.5) is 10.5 Å². The summed E-state index contributed by atoms with van der Waals surface area (Å²) in [5, 5.41) is 15.3. The molecule has 1 aliphatic rings. The molecular weight excluding hydrogens is 524 g/mol. The zero-order valence-electron chi connectivity index (χ0n) is 23.2. The molecule has 0 saturated carbocycles. The number of nitrogens with zero attached hydrogens (tertiary/aromatic N) is 2. The molecule has 0 unspecified atom stereocenters. The molecule has 39 heavy (non-hydrogen) atoms. The predicted octanol–water partition coefficient (Wildman–Crippen LogP) is 2.77. The second kappa shape index (κ2) is 12.7. The lowest BCUT2D eigenvalue weighted by molar-refractivity contribution is 0.0389. The van der Waals surface area contributed by atoms with E-state index in [-0.39, 0.29) is 59.5 Å². The molecule has 1 aliphatic heterocycles. The first-order chi connectivity index (χ1) is 18.4. The highest BCUT2D eigenvalue weighted by atomic mass is 32.2. The molecule has 0 fully saturated rings. The van der Waals surface area contributed by atoms with E-state index >= 15 is 0 Å². The largest absolute Gasteiger partial charge is 0.497 e. The van der Waals surface area contributed by atoms with Crippen molar-refractivity contribution in [3.63, 3.8) is 0 Å². The lowest BCUT2D eigenvalue weighted by atomic mass is 9.99. The fourth-order valence-corrected chi connectivity index (χ4v) is 5.44. The number of nitrogens with one attached hydrogen (secondary N) is 2. The Labute approximate surface area is 230 Å². The Balaban J connectivity index is 2.00. The van der Waals surface area contributed by atoms with Gasteiger partial charge >= 0.3 is 6.03 Å². The Morgan fingerprint density at radius 2 is 1.87 bits per heavy atom. The van der Waals surface area contributed by atoms with Crippen molar-refractivity contribution in [1.29, 1.82) is 0 Å². The van der Waals surface area contributed by atoms with Crippen LogP contribution >= 0.6 is 0 Å². The van der Waals surface area contributed by atoms with Gasteiger partial charge in [0.15, 0.2) is 5.75 Å². The topological polar surface area (TPSA) is 138 Å². The zero-order valence-corrected chi connectivity index (χ0v) is 24.0. The molecule has 0 aliphatic carbocycles. The highest BCUT2D eigenvalue weighted by Crippen LogP contribution is 2.35. The third-order valence-electron chi connectivity index (χ3n) is 6.56. The third-order valence-corrected chi connectivity index (χ3v) is 8.40. The lowest BCUT2D eigenvalue weighted by Gasteiger charge is -2.38. The van der Waals surface area contributed by atoms with Gasteiger partial charge in [0.05, 0.1) is 42.4 Å². The minimum absolute atomic E-state index is 0.0307. The van der Waals surface area contributed by atoms with Crippen molar-refractivity contribution in [3.8, 4) is 11.5 Å². The van der Waals surface area contributed by atoms with Gasteiger partial charge in [-0.3, -0.25) is 4.79 Å². The Bertz CT molecular complexity index is 1270. The molecule has 2 aromatic carbocycles. The summed E-state index contributed by atoms with van der Waals surface area (Å²) in [5.41, 5.74) is 0.477. The van der Waals surface area contributed by atoms with Gasteiger partial charge in [-0.2, -0.15) is 4.31 Å². The van der Waals surface area contributed by atoms with Crippen LogP contribution in [0, 0.1) is 5.92 Å². The number of sulfonamides is 1. The molecule has 0 bridgehead atoms. The SMILES string of the molecule is COc1ccc(S(=O)(=O)N(C)C[C@H]2Oc3c(NC(=O)NC(C)C)cccc3C(=O)N([C@H](C)CO)C[C@H]2C)cc1. The molecule has 0 spiro atoms. The number of aliphatic hydroxyl groups excluding tert-OH is 1. The highest BCUT2D eigenvalue weighted by Gasteiger charge is 2.36. The summed E-state index contributed by atoms with van der Waals surface area (Å²) < 4.78 is 39.4. The first-order valence-electron chi connectivity index (χ1n) is 12.8. The van der Waals surface area contributed by atoms with E-state index in [9.17, 15) is 23.1 Å². The first-order valence-corrected chi connectivity index (χ1v) is 14.2. The molecule has 0 radical (unpaired) electrons. The molecule has 3 atom stereocenters. The van der Waals surface area contributed by atoms with Crippen LogP contribution in [0.1, 0.15) is 38.1 Å². The molecule has 3 amide bonds. The number of anilines is 1. The van der Waals surface area contributed by atoms with Gasteiger partial charge in [0.25, 0.3) is 5.91 Å². The number of hydrogen-bond donors (Lipinski definition) is 3. The van der Waals surface area contributed by atoms with Crippen LogP contribution in [0.15, 0.2) is 47.4 Å². The molecule has 1 heterocycles. The number of carbonyl (C=O) groups is 2. The summed E-state index contributed by atoms with van der Waals surface area (Å²) >= 11 is 0. The van der Waals surface area contributed by atoms with Gasteiger partial charge in [0.2, 0.25) is 10.0 Å². The second-order valence-electron chi connectivity index (χ2n) is 10.0. The van der Waals surface area contributed by atoms with Crippen LogP contribution in [0.2, 0.25) is 0 Å². The van der Waals surface area contributed by atoms with Gasteiger partial charge in [-0.15, -0.1) is 0 Å². The van der Waals surface area contributed by atoms with Gasteiger partial charge < -0.3 is 30.1 Å². The van der Waals surface area contributed by atoms with Crippen molar-refractivity contribution < 1.29 is 32.6 Å². The molecule has 3 N–H and O–H groups in total. The van der Waals surface area contributed by atoms with Gasteiger partial charge in [-0.25, -0.2) is 13.2 Å². The smallest absolute Gasteiger partial charge is 0.319 e. The summed E-state index contributed by atoms with van der Waals surface area (Å²) in [6, 6.07) is 9.85. The number of benzene rings is 2. The predicted molar refractivity (Wildman–Crippen MR) is 148 cm³/mol. The van der Waals surface area contributed by atoms with E-state index in [1.807, 2.05) is 20.8 Å². The quantitative estimate of drug-likeness (QED) is 0.427. The molecule has 11 nitrogen and oxygen atoms in total. The number of methoxy groups -OCH3 is 1. The summed E-state index contributed by atoms with van der Waals surface area (Å²) in [6.07, 6.45) is -0.695. The van der Waals surface area contributed by atoms with E-state index in [1.165, 1.54) is 30.6 Å². The summed E-state index contributed by atoms with van der Waals surface area (Å²) in [7, 11) is -0.906. The number of urea groups is 1. The van der Waals surface area contributed by atoms with Gasteiger partial charge in [0.1, 0.15) is 11.9 Å². The number of rotatable bonds is 9. The van der Waals surface area contributed by atoms with Crippen molar-refractivity contribution in [2.75, 3.05) is 39.2 Å². The minimum atomic E-state index is -3.88. The van der Waals surface area contributed by atoms with Gasteiger partial charge in [-0.05, 0) is 57.2 Å². The number of carbonyl (C=O) groups excluding carboxylic acids is 2. The van der Waals surface area contributed by atoms with Crippen LogP contribution in [0.25, 0.3) is 0 Å². The molecule has 2 aromatic rings. The van der Waals surface area contributed by atoms with E-state index < -0.39 is 28.2 Å². The Kier molecular flexibility index (Phi) is 9.81. The Morgan fingerprint density at radius 1 is 1.21 bits per heavy atom. The molecule has 0 aromatic heterocycles. The van der Waals surface area contributed by atoms with Gasteiger partial charge in [0, 0.05) is 25.6 Å². The van der Waals surface area contributed by atoms with Crippen molar-refractivity contribution in [2.45, 2.75) is 50.8 Å². The Morgan fingerprint density at radius 3 is 2.46 bits per heavy atom. The van der Waals surface area contributed by atoms with Crippen LogP contribution in [-0.4, -0.2) is 86.7 Å². The highest BCUT2D eigenvalue weighted by molar-refractivity contribution is 7.89. The third kappa shape index (κ3) is 7.00. The standard InChI is InChI=1S/C27H38N4O7S/c1-17(2)28-27(34)29-23-9-7-8-22-25(23)38-24(18(3)14-31(26(22)33)19(4)16-32)15-30(5)39(35,36)21-12-10-20(37-6)11-13-21/h7-13,17-19,24,32H,14-16H2,1-6H3,(H2,28,29,34)/t18-,19-,24-/m1/s1. The second-order valence-corrected chi connectivity index (χ2v) is 12.1. The van der Waals surface area contributed by atoms with Crippen molar-refractivity contribution in [1.82, 2.24) is 14.5 Å². The monoisotopic (exact) mass is 562 g/mol. The number of ether oxygens (including phenoxy) is 2. The normalized spacial score (nSPS) is 18.6. The zero-order chi connectivity index (χ0) is 28.9. The van der Waals surface area contributed by atoms with Crippen LogP contribution in [0.3, 0.4) is 0 Å². The average Bonchev–Trinajstić information content (AvgIpc) is 2.89. The van der Waals surface area contributed by atoms with E-state index in [1.54, 1.807) is 42.2 Å². The van der Waals surface area contributed by atoms with E-state index in [0.29, 0.717) is 5.75 Å². The number of para-hydroxylation sites is 1. The number of aliphatic hydroxyl groups is 1. The average molecular weight is 563 g/mol. The summed E-state index contributed by atoms with van der Waals surface area (Å²) in [5.74, 6) is -0.0102. The van der Waals surface area contributed by atoms with Crippen LogP contribution < -0.4 is 20.1 Å². The Hall–Kier alpha value is -3.35. The maximum Gasteiger partial charge on any atom is 0.319 e. The van der Waals surface area contributed by atoms with Crippen LogP contribution in [-0.2, 0) is 10.0 Å². The molecule has 214 valence electrons. The maximum atomic E-state index is 13.6. The number of likely N-dealkylation sites (N-methyl/N-ethyl adjacent to an activating group) is 1. The first kappa shape index (κ1) is 30.2. The molecule has 12 heteroatoms. The molecular formula is C27H38N4O7S. The van der Waals surface area contributed by atoms with Gasteiger partial charge in [-0.1, -0.05) is 13.0 Å². The minimum Gasteiger partial charge on any atom is -0.497 e.